The molecule has 164 valence electrons. The van der Waals surface area contributed by atoms with Gasteiger partial charge in [0.2, 0.25) is 11.8 Å². The first-order valence-corrected chi connectivity index (χ1v) is 11.2. The highest BCUT2D eigenvalue weighted by Gasteiger charge is 2.59. The van der Waals surface area contributed by atoms with Crippen molar-refractivity contribution in [2.45, 2.75) is 13.0 Å². The van der Waals surface area contributed by atoms with Gasteiger partial charge in [0, 0.05) is 45.8 Å². The van der Waals surface area contributed by atoms with E-state index in [1.807, 2.05) is 12.1 Å². The van der Waals surface area contributed by atoms with Crippen LogP contribution in [0.25, 0.3) is 0 Å². The van der Waals surface area contributed by atoms with E-state index in [9.17, 15) is 14.4 Å². The van der Waals surface area contributed by atoms with E-state index in [1.54, 1.807) is 12.1 Å². The van der Waals surface area contributed by atoms with Gasteiger partial charge in [0.1, 0.15) is 0 Å². The zero-order valence-electron chi connectivity index (χ0n) is 17.9. The van der Waals surface area contributed by atoms with E-state index in [-0.39, 0.29) is 41.5 Å². The van der Waals surface area contributed by atoms with Crippen LogP contribution >= 0.6 is 0 Å². The number of carbonyl (C=O) groups is 3. The van der Waals surface area contributed by atoms with Gasteiger partial charge in [-0.25, -0.2) is 4.79 Å². The molecule has 0 spiro atoms. The van der Waals surface area contributed by atoms with Gasteiger partial charge in [-0.3, -0.25) is 24.3 Å². The number of piperazine rings is 1. The predicted molar refractivity (Wildman–Crippen MR) is 114 cm³/mol. The summed E-state index contributed by atoms with van der Waals surface area (Å²) in [5.41, 5.74) is 1.74. The molecule has 4 aliphatic rings. The Morgan fingerprint density at radius 3 is 2.06 bits per heavy atom. The number of fused-ring (bicyclic) bond motifs is 5. The lowest BCUT2D eigenvalue weighted by atomic mass is 9.85. The summed E-state index contributed by atoms with van der Waals surface area (Å²) < 4.78 is 4.74. The molecule has 1 saturated carbocycles. The molecule has 0 radical (unpaired) electrons. The summed E-state index contributed by atoms with van der Waals surface area (Å²) in [4.78, 5) is 43.5. The third-order valence-corrected chi connectivity index (χ3v) is 7.45. The number of ether oxygens (including phenoxy) is 1. The van der Waals surface area contributed by atoms with E-state index < -0.39 is 0 Å². The van der Waals surface area contributed by atoms with E-state index in [2.05, 4.69) is 22.0 Å². The third-order valence-electron chi connectivity index (χ3n) is 7.45. The predicted octanol–water partition coefficient (Wildman–Crippen LogP) is 1.40. The maximum atomic E-state index is 12.8. The Kier molecular flexibility index (Phi) is 5.40. The van der Waals surface area contributed by atoms with Crippen molar-refractivity contribution >= 4 is 17.8 Å². The van der Waals surface area contributed by atoms with Crippen LogP contribution in [0, 0.1) is 23.7 Å². The zero-order chi connectivity index (χ0) is 21.5. The minimum Gasteiger partial charge on any atom is -0.465 e. The first kappa shape index (κ1) is 20.4. The number of methoxy groups -OCH3 is 1. The molecule has 5 rings (SSSR count). The minimum absolute atomic E-state index is 0.0564. The molecule has 2 amide bonds. The first-order chi connectivity index (χ1) is 15.0. The summed E-state index contributed by atoms with van der Waals surface area (Å²) in [5.74, 6) is 0.169. The van der Waals surface area contributed by atoms with Crippen molar-refractivity contribution in [3.05, 3.63) is 47.5 Å². The van der Waals surface area contributed by atoms with E-state index >= 15 is 0 Å². The summed E-state index contributed by atoms with van der Waals surface area (Å²) >= 11 is 0. The number of likely N-dealkylation sites (tertiary alicyclic amines) is 1. The number of hydrogen-bond donors (Lipinski definition) is 0. The van der Waals surface area contributed by atoms with Crippen LogP contribution in [0.1, 0.15) is 22.3 Å². The van der Waals surface area contributed by atoms with Gasteiger partial charge in [0.15, 0.2) is 0 Å². The fourth-order valence-electron chi connectivity index (χ4n) is 5.72. The first-order valence-electron chi connectivity index (χ1n) is 11.2. The van der Waals surface area contributed by atoms with Crippen molar-refractivity contribution in [3.63, 3.8) is 0 Å². The van der Waals surface area contributed by atoms with Gasteiger partial charge < -0.3 is 4.74 Å². The molecular formula is C24H29N3O4. The quantitative estimate of drug-likeness (QED) is 0.391. The number of esters is 1. The van der Waals surface area contributed by atoms with Crippen LogP contribution < -0.4 is 0 Å². The Bertz CT molecular complexity index is 874. The maximum absolute atomic E-state index is 12.8. The zero-order valence-corrected chi connectivity index (χ0v) is 17.9. The summed E-state index contributed by atoms with van der Waals surface area (Å²) in [6.07, 6.45) is 5.26. The summed E-state index contributed by atoms with van der Waals surface area (Å²) in [7, 11) is 1.39. The Morgan fingerprint density at radius 1 is 0.903 bits per heavy atom. The number of rotatable bonds is 6. The average molecular weight is 424 g/mol. The largest absolute Gasteiger partial charge is 0.465 e. The van der Waals surface area contributed by atoms with Gasteiger partial charge in [-0.05, 0) is 36.0 Å². The topological polar surface area (TPSA) is 70.2 Å². The van der Waals surface area contributed by atoms with Gasteiger partial charge in [0.05, 0.1) is 24.5 Å². The van der Waals surface area contributed by atoms with Crippen LogP contribution in [-0.4, -0.2) is 78.9 Å². The molecule has 0 N–H and O–H groups in total. The second kappa shape index (κ2) is 8.20. The minimum atomic E-state index is -0.317. The molecule has 2 aliphatic carbocycles. The Balaban J connectivity index is 1.08. The smallest absolute Gasteiger partial charge is 0.337 e. The molecular weight excluding hydrogens is 394 g/mol. The molecule has 2 bridgehead atoms. The second-order valence-corrected chi connectivity index (χ2v) is 9.13. The van der Waals surface area contributed by atoms with Gasteiger partial charge in [-0.2, -0.15) is 0 Å². The van der Waals surface area contributed by atoms with Crippen molar-refractivity contribution in [1.29, 1.82) is 0 Å². The van der Waals surface area contributed by atoms with Crippen LogP contribution in [0.2, 0.25) is 0 Å². The van der Waals surface area contributed by atoms with E-state index in [0.29, 0.717) is 12.1 Å². The van der Waals surface area contributed by atoms with Crippen LogP contribution in [0.15, 0.2) is 36.4 Å². The molecule has 4 atom stereocenters. The number of amides is 2. The monoisotopic (exact) mass is 423 g/mol. The normalized spacial score (nSPS) is 30.3. The summed E-state index contributed by atoms with van der Waals surface area (Å²) in [6, 6.07) is 7.56. The van der Waals surface area contributed by atoms with Crippen molar-refractivity contribution in [1.82, 2.24) is 14.7 Å². The Morgan fingerprint density at radius 2 is 1.48 bits per heavy atom. The molecule has 1 aromatic rings. The molecule has 3 fully saturated rings. The Labute approximate surface area is 182 Å². The lowest BCUT2D eigenvalue weighted by Crippen LogP contribution is -2.48. The van der Waals surface area contributed by atoms with Crippen molar-refractivity contribution < 1.29 is 19.1 Å². The number of nitrogens with zero attached hydrogens (tertiary/aromatic N) is 3. The van der Waals surface area contributed by atoms with E-state index in [0.717, 1.165) is 45.7 Å². The molecule has 2 heterocycles. The van der Waals surface area contributed by atoms with Gasteiger partial charge in [0.25, 0.3) is 0 Å². The van der Waals surface area contributed by atoms with Crippen LogP contribution in [0.4, 0.5) is 0 Å². The molecule has 1 aromatic carbocycles. The van der Waals surface area contributed by atoms with E-state index in [1.165, 1.54) is 17.6 Å². The molecule has 2 saturated heterocycles. The van der Waals surface area contributed by atoms with Gasteiger partial charge in [-0.1, -0.05) is 24.3 Å². The van der Waals surface area contributed by atoms with Crippen LogP contribution in [0.3, 0.4) is 0 Å². The summed E-state index contributed by atoms with van der Waals surface area (Å²) in [5, 5.41) is 0. The number of allylic oxidation sites excluding steroid dienone is 2. The second-order valence-electron chi connectivity index (χ2n) is 9.13. The maximum Gasteiger partial charge on any atom is 0.337 e. The fraction of sp³-hybridized carbons (Fsp3) is 0.542. The molecule has 0 aromatic heterocycles. The SMILES string of the molecule is COC(=O)c1ccc(CN2CCN(CCN3C(=O)C4C(C3=O)[C@H]3C=C[C@@H]4C3)CC2)cc1. The number of carbonyl (C=O) groups excluding carboxylic acids is 3. The molecule has 2 unspecified atom stereocenters. The molecule has 7 nitrogen and oxygen atoms in total. The molecule has 2 aliphatic heterocycles. The Hall–Kier alpha value is -2.51. The highest BCUT2D eigenvalue weighted by atomic mass is 16.5. The number of benzene rings is 1. The van der Waals surface area contributed by atoms with Crippen molar-refractivity contribution in [3.8, 4) is 0 Å². The number of imide groups is 1. The van der Waals surface area contributed by atoms with Crippen molar-refractivity contribution in [2.24, 2.45) is 23.7 Å². The number of hydrogen-bond acceptors (Lipinski definition) is 6. The molecule has 31 heavy (non-hydrogen) atoms. The summed E-state index contributed by atoms with van der Waals surface area (Å²) in [6.45, 7) is 5.85. The average Bonchev–Trinajstić information content (AvgIpc) is 3.48. The van der Waals surface area contributed by atoms with Crippen LogP contribution in [0.5, 0.6) is 0 Å². The van der Waals surface area contributed by atoms with Crippen LogP contribution in [-0.2, 0) is 20.9 Å². The lowest BCUT2D eigenvalue weighted by molar-refractivity contribution is -0.141. The fourth-order valence-corrected chi connectivity index (χ4v) is 5.72. The van der Waals surface area contributed by atoms with Crippen molar-refractivity contribution in [2.75, 3.05) is 46.4 Å². The highest BCUT2D eigenvalue weighted by Crippen LogP contribution is 2.52. The van der Waals surface area contributed by atoms with E-state index in [4.69, 9.17) is 4.74 Å². The standard InChI is InChI=1S/C24H29N3O4/c1-31-24(30)17-4-2-16(3-5-17)15-26-10-8-25(9-11-26)12-13-27-22(28)20-18-6-7-19(14-18)21(20)23(27)29/h2-7,18-21H,8-15H2,1H3/t18-,19+,20?,21?. The lowest BCUT2D eigenvalue weighted by Gasteiger charge is -2.35. The van der Waals surface area contributed by atoms with Gasteiger partial charge >= 0.3 is 5.97 Å². The highest BCUT2D eigenvalue weighted by molar-refractivity contribution is 6.06. The van der Waals surface area contributed by atoms with Gasteiger partial charge in [-0.15, -0.1) is 0 Å². The molecule has 7 heteroatoms. The third kappa shape index (κ3) is 3.70.